The summed E-state index contributed by atoms with van der Waals surface area (Å²) in [7, 11) is 3.19. The van der Waals surface area contributed by atoms with Crippen LogP contribution in [0.2, 0.25) is 0 Å². The van der Waals surface area contributed by atoms with Crippen molar-refractivity contribution in [3.05, 3.63) is 53.1 Å². The molecule has 0 radical (unpaired) electrons. The van der Waals surface area contributed by atoms with Gasteiger partial charge >= 0.3 is 5.97 Å². The third-order valence-electron chi connectivity index (χ3n) is 4.75. The number of rotatable bonds is 5. The average Bonchev–Trinajstić information content (AvgIpc) is 3.29. The van der Waals surface area contributed by atoms with Gasteiger partial charge in [0.2, 0.25) is 6.79 Å². The van der Waals surface area contributed by atoms with E-state index in [2.05, 4.69) is 0 Å². The molecule has 2 aromatic carbocycles. The van der Waals surface area contributed by atoms with Gasteiger partial charge in [-0.05, 0) is 47.4 Å². The summed E-state index contributed by atoms with van der Waals surface area (Å²) in [5.41, 5.74) is 2.87. The third kappa shape index (κ3) is 3.43. The van der Waals surface area contributed by atoms with Crippen LogP contribution in [0.15, 0.2) is 42.0 Å². The molecule has 0 saturated carbocycles. The molecule has 2 heterocycles. The molecule has 1 atom stereocenters. The van der Waals surface area contributed by atoms with Crippen molar-refractivity contribution in [2.24, 2.45) is 5.92 Å². The number of carbonyl (C=O) groups is 1. The molecule has 0 spiro atoms. The van der Waals surface area contributed by atoms with Crippen LogP contribution in [-0.2, 0) is 16.0 Å². The van der Waals surface area contributed by atoms with Crippen LogP contribution in [0.3, 0.4) is 0 Å². The number of esters is 1. The normalized spacial score (nSPS) is 19.3. The van der Waals surface area contributed by atoms with Crippen LogP contribution >= 0.6 is 0 Å². The number of methoxy groups -OCH3 is 2. The Kier molecular flexibility index (Phi) is 4.62. The van der Waals surface area contributed by atoms with Gasteiger partial charge in [-0.2, -0.15) is 0 Å². The Labute approximate surface area is 157 Å². The Morgan fingerprint density at radius 3 is 2.63 bits per heavy atom. The maximum Gasteiger partial charge on any atom is 0.313 e. The molecular formula is C21H20O6. The molecular weight excluding hydrogens is 348 g/mol. The first-order chi connectivity index (χ1) is 13.2. The van der Waals surface area contributed by atoms with E-state index in [1.165, 1.54) is 0 Å². The molecule has 1 saturated heterocycles. The summed E-state index contributed by atoms with van der Waals surface area (Å²) in [6.45, 7) is 0.532. The number of hydrogen-bond donors (Lipinski definition) is 0. The third-order valence-corrected chi connectivity index (χ3v) is 4.75. The van der Waals surface area contributed by atoms with Gasteiger partial charge in [0, 0.05) is 0 Å². The van der Waals surface area contributed by atoms with E-state index in [0.29, 0.717) is 30.3 Å². The Morgan fingerprint density at radius 1 is 1.00 bits per heavy atom. The molecule has 1 fully saturated rings. The maximum absolute atomic E-state index is 12.3. The molecule has 27 heavy (non-hydrogen) atoms. The standard InChI is InChI=1S/C21H20O6/c1-23-17-5-3-14(9-19(17)24-2)8-16-15(11-25-21(16)22)7-13-4-6-18-20(10-13)27-12-26-18/h3-7,9-10,16H,8,11-12H2,1-2H3/t16-/m1/s1. The molecule has 0 N–H and O–H groups in total. The first-order valence-electron chi connectivity index (χ1n) is 8.65. The van der Waals surface area contributed by atoms with E-state index in [-0.39, 0.29) is 18.7 Å². The molecule has 0 aliphatic carbocycles. The highest BCUT2D eigenvalue weighted by molar-refractivity contribution is 5.82. The van der Waals surface area contributed by atoms with Crippen LogP contribution in [0.4, 0.5) is 0 Å². The molecule has 0 bridgehead atoms. The minimum atomic E-state index is -0.325. The Balaban J connectivity index is 1.58. The summed E-state index contributed by atoms with van der Waals surface area (Å²) in [4.78, 5) is 12.3. The van der Waals surface area contributed by atoms with Gasteiger partial charge in [0.1, 0.15) is 6.61 Å². The molecule has 2 aromatic rings. The predicted molar refractivity (Wildman–Crippen MR) is 98.2 cm³/mol. The van der Waals surface area contributed by atoms with Crippen molar-refractivity contribution in [3.8, 4) is 23.0 Å². The number of fused-ring (bicyclic) bond motifs is 1. The van der Waals surface area contributed by atoms with Gasteiger partial charge in [-0.25, -0.2) is 0 Å². The topological polar surface area (TPSA) is 63.2 Å². The van der Waals surface area contributed by atoms with Gasteiger partial charge < -0.3 is 23.7 Å². The molecule has 0 amide bonds. The minimum absolute atomic E-state index is 0.211. The van der Waals surface area contributed by atoms with E-state index >= 15 is 0 Å². The summed E-state index contributed by atoms with van der Waals surface area (Å²) in [5.74, 6) is 2.21. The molecule has 6 nitrogen and oxygen atoms in total. The minimum Gasteiger partial charge on any atom is -0.493 e. The summed E-state index contributed by atoms with van der Waals surface area (Å²) >= 11 is 0. The molecule has 0 aromatic heterocycles. The first-order valence-corrected chi connectivity index (χ1v) is 8.65. The highest BCUT2D eigenvalue weighted by Crippen LogP contribution is 2.35. The van der Waals surface area contributed by atoms with Gasteiger partial charge in [-0.1, -0.05) is 18.2 Å². The molecule has 2 aliphatic rings. The van der Waals surface area contributed by atoms with Crippen molar-refractivity contribution in [2.45, 2.75) is 6.42 Å². The summed E-state index contributed by atoms with van der Waals surface area (Å²) in [6, 6.07) is 11.4. The van der Waals surface area contributed by atoms with Crippen molar-refractivity contribution in [1.82, 2.24) is 0 Å². The largest absolute Gasteiger partial charge is 0.493 e. The number of cyclic esters (lactones) is 1. The predicted octanol–water partition coefficient (Wildman–Crippen LogP) is 3.23. The van der Waals surface area contributed by atoms with E-state index in [9.17, 15) is 4.79 Å². The molecule has 2 aliphatic heterocycles. The molecule has 6 heteroatoms. The zero-order valence-electron chi connectivity index (χ0n) is 15.2. The molecule has 140 valence electrons. The van der Waals surface area contributed by atoms with Crippen LogP contribution < -0.4 is 18.9 Å². The van der Waals surface area contributed by atoms with Gasteiger partial charge in [0.15, 0.2) is 23.0 Å². The highest BCUT2D eigenvalue weighted by Gasteiger charge is 2.32. The van der Waals surface area contributed by atoms with Gasteiger partial charge in [-0.3, -0.25) is 4.79 Å². The van der Waals surface area contributed by atoms with Crippen molar-refractivity contribution < 1.29 is 28.5 Å². The van der Waals surface area contributed by atoms with Crippen molar-refractivity contribution in [1.29, 1.82) is 0 Å². The van der Waals surface area contributed by atoms with Crippen molar-refractivity contribution in [2.75, 3.05) is 27.6 Å². The number of ether oxygens (including phenoxy) is 5. The van der Waals surface area contributed by atoms with E-state index in [0.717, 1.165) is 22.4 Å². The number of hydrogen-bond acceptors (Lipinski definition) is 6. The van der Waals surface area contributed by atoms with E-state index in [1.54, 1.807) is 14.2 Å². The van der Waals surface area contributed by atoms with E-state index < -0.39 is 0 Å². The van der Waals surface area contributed by atoms with Crippen LogP contribution in [0.25, 0.3) is 6.08 Å². The van der Waals surface area contributed by atoms with Gasteiger partial charge in [0.25, 0.3) is 0 Å². The Bertz CT molecular complexity index is 902. The summed E-state index contributed by atoms with van der Waals surface area (Å²) in [5, 5.41) is 0. The number of carbonyl (C=O) groups excluding carboxylic acids is 1. The fourth-order valence-corrected chi connectivity index (χ4v) is 3.32. The fraction of sp³-hybridized carbons (Fsp3) is 0.286. The smallest absolute Gasteiger partial charge is 0.313 e. The second-order valence-corrected chi connectivity index (χ2v) is 6.39. The van der Waals surface area contributed by atoms with Crippen LogP contribution in [-0.4, -0.2) is 33.6 Å². The van der Waals surface area contributed by atoms with E-state index in [4.69, 9.17) is 23.7 Å². The second-order valence-electron chi connectivity index (χ2n) is 6.39. The van der Waals surface area contributed by atoms with Crippen LogP contribution in [0, 0.1) is 5.92 Å². The Morgan fingerprint density at radius 2 is 1.81 bits per heavy atom. The summed E-state index contributed by atoms with van der Waals surface area (Å²) in [6.07, 6.45) is 2.52. The first kappa shape index (κ1) is 17.3. The average molecular weight is 368 g/mol. The molecule has 0 unspecified atom stereocenters. The lowest BCUT2D eigenvalue weighted by Gasteiger charge is -2.12. The lowest BCUT2D eigenvalue weighted by molar-refractivity contribution is -0.141. The monoisotopic (exact) mass is 368 g/mol. The van der Waals surface area contributed by atoms with Crippen LogP contribution in [0.5, 0.6) is 23.0 Å². The van der Waals surface area contributed by atoms with Crippen molar-refractivity contribution >= 4 is 12.0 Å². The Hall–Kier alpha value is -3.15. The van der Waals surface area contributed by atoms with E-state index in [1.807, 2.05) is 42.5 Å². The quantitative estimate of drug-likeness (QED) is 0.755. The molecule has 4 rings (SSSR count). The van der Waals surface area contributed by atoms with Gasteiger partial charge in [0.05, 0.1) is 20.1 Å². The van der Waals surface area contributed by atoms with Gasteiger partial charge in [-0.15, -0.1) is 0 Å². The fourth-order valence-electron chi connectivity index (χ4n) is 3.32. The number of benzene rings is 2. The zero-order valence-corrected chi connectivity index (χ0v) is 15.2. The van der Waals surface area contributed by atoms with Crippen LogP contribution in [0.1, 0.15) is 11.1 Å². The lowest BCUT2D eigenvalue weighted by Crippen LogP contribution is -2.12. The second kappa shape index (κ2) is 7.23. The van der Waals surface area contributed by atoms with Crippen molar-refractivity contribution in [3.63, 3.8) is 0 Å². The zero-order chi connectivity index (χ0) is 18.8. The maximum atomic E-state index is 12.3. The SMILES string of the molecule is COc1ccc(C[C@H]2C(=O)OCC2=Cc2ccc3c(c2)OCO3)cc1OC. The summed E-state index contributed by atoms with van der Waals surface area (Å²) < 4.78 is 26.7. The highest BCUT2D eigenvalue weighted by atomic mass is 16.7. The lowest BCUT2D eigenvalue weighted by atomic mass is 9.92.